The molecule has 9 heteroatoms. The third kappa shape index (κ3) is 6.48. The summed E-state index contributed by atoms with van der Waals surface area (Å²) in [5, 5.41) is 9.36. The van der Waals surface area contributed by atoms with Gasteiger partial charge in [0, 0.05) is 17.0 Å². The predicted molar refractivity (Wildman–Crippen MR) is 130 cm³/mol. The van der Waals surface area contributed by atoms with Crippen molar-refractivity contribution in [1.29, 1.82) is 0 Å². The molecule has 3 aromatic rings. The van der Waals surface area contributed by atoms with Crippen LogP contribution in [0, 0.1) is 18.6 Å². The van der Waals surface area contributed by atoms with E-state index >= 15 is 0 Å². The van der Waals surface area contributed by atoms with Gasteiger partial charge in [-0.05, 0) is 79.4 Å². The zero-order chi connectivity index (χ0) is 26.5. The number of aliphatic carboxylic acids is 1. The van der Waals surface area contributed by atoms with Crippen molar-refractivity contribution in [3.63, 3.8) is 0 Å². The average molecular weight is 516 g/mol. The first-order valence-corrected chi connectivity index (χ1v) is 11.6. The average Bonchev–Trinajstić information content (AvgIpc) is 3.12. The van der Waals surface area contributed by atoms with Crippen LogP contribution < -0.4 is 4.74 Å². The number of ether oxygens (including phenoxy) is 2. The molecule has 1 aliphatic carbocycles. The lowest BCUT2D eigenvalue weighted by molar-refractivity contribution is -0.156. The molecule has 1 unspecified atom stereocenters. The Morgan fingerprint density at radius 2 is 1.81 bits per heavy atom. The molecule has 0 aliphatic heterocycles. The second kappa shape index (κ2) is 11.5. The Kier molecular flexibility index (Phi) is 8.13. The standard InChI is InChI=1S/C28H25F4NO4/c1-17-5-11-24(23-15-21(30)10-12-26(23)36-16-18-6-8-20(29)9-7-18)33(17)22-3-2-4-25(37-28(31)32)19(13-22)14-27(34)35/h3,5-13,15,25,28H,2,4,14,16H2,1H3,(H,34,35). The summed E-state index contributed by atoms with van der Waals surface area (Å²) in [7, 11) is 0. The number of aromatic nitrogens is 1. The van der Waals surface area contributed by atoms with Gasteiger partial charge in [0.25, 0.3) is 0 Å². The Balaban J connectivity index is 1.73. The van der Waals surface area contributed by atoms with Crippen LogP contribution >= 0.6 is 0 Å². The minimum atomic E-state index is -3.04. The molecule has 37 heavy (non-hydrogen) atoms. The van der Waals surface area contributed by atoms with E-state index in [0.717, 1.165) is 11.3 Å². The minimum absolute atomic E-state index is 0.122. The molecule has 1 atom stereocenters. The number of halogens is 4. The van der Waals surface area contributed by atoms with Crippen LogP contribution in [0.25, 0.3) is 17.0 Å². The van der Waals surface area contributed by atoms with Crippen molar-refractivity contribution in [1.82, 2.24) is 4.57 Å². The van der Waals surface area contributed by atoms with Crippen molar-refractivity contribution in [2.75, 3.05) is 0 Å². The molecule has 0 spiro atoms. The van der Waals surface area contributed by atoms with Gasteiger partial charge in [0.1, 0.15) is 24.0 Å². The lowest BCUT2D eigenvalue weighted by atomic mass is 10.0. The zero-order valence-corrected chi connectivity index (χ0v) is 20.0. The number of carboxylic acid groups (broad SMARTS) is 1. The van der Waals surface area contributed by atoms with Gasteiger partial charge in [-0.15, -0.1) is 0 Å². The molecule has 0 saturated heterocycles. The van der Waals surface area contributed by atoms with E-state index in [1.807, 2.05) is 19.1 Å². The van der Waals surface area contributed by atoms with Gasteiger partial charge in [-0.1, -0.05) is 18.2 Å². The second-order valence-corrected chi connectivity index (χ2v) is 8.63. The monoisotopic (exact) mass is 515 g/mol. The fourth-order valence-corrected chi connectivity index (χ4v) is 4.35. The lowest BCUT2D eigenvalue weighted by Gasteiger charge is -2.19. The van der Waals surface area contributed by atoms with Gasteiger partial charge >= 0.3 is 12.6 Å². The first-order chi connectivity index (χ1) is 17.7. The van der Waals surface area contributed by atoms with Crippen LogP contribution in [0.4, 0.5) is 17.6 Å². The first kappa shape index (κ1) is 26.2. The van der Waals surface area contributed by atoms with E-state index in [1.54, 1.807) is 28.8 Å². The molecule has 2 aromatic carbocycles. The number of alkyl halides is 2. The molecule has 0 bridgehead atoms. The number of aryl methyl sites for hydroxylation is 1. The molecule has 1 N–H and O–H groups in total. The maximum atomic E-state index is 14.4. The van der Waals surface area contributed by atoms with Crippen molar-refractivity contribution in [3.8, 4) is 17.0 Å². The Morgan fingerprint density at radius 1 is 1.08 bits per heavy atom. The zero-order valence-electron chi connectivity index (χ0n) is 20.0. The highest BCUT2D eigenvalue weighted by Crippen LogP contribution is 2.36. The molecule has 5 nitrogen and oxygen atoms in total. The second-order valence-electron chi connectivity index (χ2n) is 8.63. The number of rotatable bonds is 9. The van der Waals surface area contributed by atoms with Crippen molar-refractivity contribution < 1.29 is 36.9 Å². The van der Waals surface area contributed by atoms with Gasteiger partial charge in [-0.2, -0.15) is 8.78 Å². The van der Waals surface area contributed by atoms with E-state index in [-0.39, 0.29) is 24.4 Å². The van der Waals surface area contributed by atoms with Crippen molar-refractivity contribution in [2.24, 2.45) is 0 Å². The number of nitrogens with zero attached hydrogens (tertiary/aromatic N) is 1. The van der Waals surface area contributed by atoms with Crippen LogP contribution in [0.15, 0.2) is 72.3 Å². The van der Waals surface area contributed by atoms with Crippen molar-refractivity contribution in [2.45, 2.75) is 45.5 Å². The van der Waals surface area contributed by atoms with Gasteiger partial charge in [-0.3, -0.25) is 4.79 Å². The summed E-state index contributed by atoms with van der Waals surface area (Å²) in [6, 6.07) is 13.5. The molecule has 1 heterocycles. The van der Waals surface area contributed by atoms with Crippen LogP contribution in [-0.2, 0) is 16.1 Å². The topological polar surface area (TPSA) is 60.7 Å². The molecule has 0 radical (unpaired) electrons. The van der Waals surface area contributed by atoms with Crippen LogP contribution in [0.5, 0.6) is 5.75 Å². The van der Waals surface area contributed by atoms with Gasteiger partial charge in [-0.25, -0.2) is 8.78 Å². The number of hydrogen-bond donors (Lipinski definition) is 1. The van der Waals surface area contributed by atoms with Gasteiger partial charge < -0.3 is 19.1 Å². The summed E-state index contributed by atoms with van der Waals surface area (Å²) in [4.78, 5) is 11.5. The third-order valence-corrected chi connectivity index (χ3v) is 6.01. The van der Waals surface area contributed by atoms with Gasteiger partial charge in [0.2, 0.25) is 0 Å². The number of benzene rings is 2. The molecule has 0 saturated carbocycles. The summed E-state index contributed by atoms with van der Waals surface area (Å²) in [6.45, 7) is -1.09. The molecule has 0 fully saturated rings. The molecule has 1 aliphatic rings. The van der Waals surface area contributed by atoms with Gasteiger partial charge in [0.15, 0.2) is 0 Å². The number of carbonyl (C=O) groups is 1. The molecule has 0 amide bonds. The summed E-state index contributed by atoms with van der Waals surface area (Å²) in [5.74, 6) is -1.64. The highest BCUT2D eigenvalue weighted by molar-refractivity contribution is 5.77. The summed E-state index contributed by atoms with van der Waals surface area (Å²) >= 11 is 0. The maximum Gasteiger partial charge on any atom is 0.345 e. The molecule has 194 valence electrons. The van der Waals surface area contributed by atoms with Crippen LogP contribution in [0.1, 0.15) is 30.5 Å². The summed E-state index contributed by atoms with van der Waals surface area (Å²) < 4.78 is 66.1. The van der Waals surface area contributed by atoms with E-state index in [4.69, 9.17) is 9.47 Å². The van der Waals surface area contributed by atoms with E-state index < -0.39 is 30.9 Å². The van der Waals surface area contributed by atoms with E-state index in [1.165, 1.54) is 30.3 Å². The van der Waals surface area contributed by atoms with Crippen molar-refractivity contribution in [3.05, 3.63) is 95.2 Å². The quantitative estimate of drug-likeness (QED) is 0.313. The van der Waals surface area contributed by atoms with E-state index in [2.05, 4.69) is 0 Å². The number of allylic oxidation sites excluding steroid dienone is 3. The van der Waals surface area contributed by atoms with Crippen LogP contribution in [-0.4, -0.2) is 28.4 Å². The van der Waals surface area contributed by atoms with Crippen LogP contribution in [0.3, 0.4) is 0 Å². The Morgan fingerprint density at radius 3 is 2.51 bits per heavy atom. The minimum Gasteiger partial charge on any atom is -0.488 e. The predicted octanol–water partition coefficient (Wildman–Crippen LogP) is 6.96. The Hall–Kier alpha value is -3.85. The SMILES string of the molecule is Cc1ccc(-c2cc(F)ccc2OCc2ccc(F)cc2)n1C1=CCCC(OC(F)F)C(CC(=O)O)=C1. The fraction of sp³-hybridized carbons (Fsp3) is 0.250. The summed E-state index contributed by atoms with van der Waals surface area (Å²) in [6.07, 6.45) is 2.40. The molecule has 4 rings (SSSR count). The molecular weight excluding hydrogens is 490 g/mol. The third-order valence-electron chi connectivity index (χ3n) is 6.01. The largest absolute Gasteiger partial charge is 0.488 e. The Labute approximate surface area is 211 Å². The first-order valence-electron chi connectivity index (χ1n) is 11.6. The lowest BCUT2D eigenvalue weighted by Crippen LogP contribution is -2.20. The maximum absolute atomic E-state index is 14.4. The molecule has 1 aromatic heterocycles. The summed E-state index contributed by atoms with van der Waals surface area (Å²) in [5.41, 5.74) is 3.26. The highest BCUT2D eigenvalue weighted by Gasteiger charge is 2.25. The van der Waals surface area contributed by atoms with E-state index in [0.29, 0.717) is 29.1 Å². The highest BCUT2D eigenvalue weighted by atomic mass is 19.3. The van der Waals surface area contributed by atoms with Crippen molar-refractivity contribution >= 4 is 11.7 Å². The normalized spacial score (nSPS) is 15.8. The van der Waals surface area contributed by atoms with Crippen LogP contribution in [0.2, 0.25) is 0 Å². The van der Waals surface area contributed by atoms with E-state index in [9.17, 15) is 27.5 Å². The fourth-order valence-electron chi connectivity index (χ4n) is 4.35. The van der Waals surface area contributed by atoms with Gasteiger partial charge in [0.05, 0.1) is 18.2 Å². The smallest absolute Gasteiger partial charge is 0.345 e. The number of carboxylic acids is 1. The molecular formula is C28H25F4NO4. The number of hydrogen-bond acceptors (Lipinski definition) is 3. The Bertz CT molecular complexity index is 1330.